The van der Waals surface area contributed by atoms with Gasteiger partial charge in [0.05, 0.1) is 0 Å². The molecule has 0 fully saturated rings. The van der Waals surface area contributed by atoms with Gasteiger partial charge >= 0.3 is 0 Å². The maximum atomic E-state index is 2.36. The van der Waals surface area contributed by atoms with E-state index in [1.165, 1.54) is 81.8 Å². The SMILES string of the molecule is CN(c1ccc(-c2ccc(N(c3cccc(-c4ccccc4)c3)c3ccc4ccccc4c3)cc2)cc1)c1ccc2c3cccc4cccc(c5cccc1c52)c43. The monoisotopic (exact) mass is 726 g/mol. The van der Waals surface area contributed by atoms with Crippen molar-refractivity contribution in [2.45, 2.75) is 0 Å². The van der Waals surface area contributed by atoms with E-state index in [-0.39, 0.29) is 0 Å². The Morgan fingerprint density at radius 3 is 1.53 bits per heavy atom. The standard InChI is InChI=1S/C55H38N2/c1-56(53-34-33-51-49-20-9-16-41-15-8-19-48(54(41)49)50-21-10-22-52(53)55(50)51)44-28-23-39(24-29-44)40-25-30-45(31-26-40)57(47-32-27-38-13-5-6-14-42(38)36-47)46-18-7-17-43(35-46)37-11-3-2-4-12-37/h2-36H,1H3. The number of hydrogen-bond acceptors (Lipinski definition) is 2. The van der Waals surface area contributed by atoms with E-state index < -0.39 is 0 Å². The summed E-state index contributed by atoms with van der Waals surface area (Å²) in [5, 5.41) is 12.9. The summed E-state index contributed by atoms with van der Waals surface area (Å²) in [5.41, 5.74) is 10.5. The highest BCUT2D eigenvalue weighted by molar-refractivity contribution is 6.34. The van der Waals surface area contributed by atoms with E-state index in [0.29, 0.717) is 0 Å². The normalized spacial score (nSPS) is 11.6. The molecule has 268 valence electrons. The molecule has 11 aromatic rings. The van der Waals surface area contributed by atoms with Gasteiger partial charge in [-0.3, -0.25) is 0 Å². The molecule has 0 atom stereocenters. The molecule has 0 aromatic heterocycles. The Balaban J connectivity index is 0.934. The second-order valence-electron chi connectivity index (χ2n) is 15.0. The second-order valence-corrected chi connectivity index (χ2v) is 15.0. The van der Waals surface area contributed by atoms with Crippen LogP contribution in [0.1, 0.15) is 0 Å². The molecule has 0 aliphatic heterocycles. The lowest BCUT2D eigenvalue weighted by Gasteiger charge is -2.26. The van der Waals surface area contributed by atoms with Crippen LogP contribution in [-0.4, -0.2) is 7.05 Å². The van der Waals surface area contributed by atoms with E-state index in [0.717, 1.165) is 22.7 Å². The molecule has 2 heteroatoms. The number of hydrogen-bond donors (Lipinski definition) is 0. The van der Waals surface area contributed by atoms with Crippen LogP contribution in [-0.2, 0) is 0 Å². The summed E-state index contributed by atoms with van der Waals surface area (Å²) in [6, 6.07) is 77.4. The van der Waals surface area contributed by atoms with Gasteiger partial charge in [0.15, 0.2) is 0 Å². The van der Waals surface area contributed by atoms with Crippen molar-refractivity contribution in [3.63, 3.8) is 0 Å². The highest BCUT2D eigenvalue weighted by Gasteiger charge is 2.18. The Hall–Kier alpha value is -7.42. The fourth-order valence-corrected chi connectivity index (χ4v) is 8.96. The van der Waals surface area contributed by atoms with Crippen LogP contribution in [0.2, 0.25) is 0 Å². The fraction of sp³-hybridized carbons (Fsp3) is 0.0182. The van der Waals surface area contributed by atoms with Crippen molar-refractivity contribution in [1.82, 2.24) is 0 Å². The summed E-state index contributed by atoms with van der Waals surface area (Å²) < 4.78 is 0. The van der Waals surface area contributed by atoms with Crippen molar-refractivity contribution in [1.29, 1.82) is 0 Å². The van der Waals surface area contributed by atoms with Gasteiger partial charge in [-0.25, -0.2) is 0 Å². The first-order chi connectivity index (χ1) is 28.2. The topological polar surface area (TPSA) is 6.48 Å². The van der Waals surface area contributed by atoms with E-state index in [9.17, 15) is 0 Å². The van der Waals surface area contributed by atoms with Gasteiger partial charge in [0, 0.05) is 40.9 Å². The fourth-order valence-electron chi connectivity index (χ4n) is 8.96. The van der Waals surface area contributed by atoms with E-state index in [1.807, 2.05) is 0 Å². The van der Waals surface area contributed by atoms with Crippen LogP contribution in [0.15, 0.2) is 212 Å². The van der Waals surface area contributed by atoms with Crippen LogP contribution < -0.4 is 9.80 Å². The minimum absolute atomic E-state index is 1.11. The number of fused-ring (bicyclic) bond motifs is 3. The average Bonchev–Trinajstić information content (AvgIpc) is 3.28. The number of nitrogens with zero attached hydrogens (tertiary/aromatic N) is 2. The molecule has 0 aliphatic carbocycles. The van der Waals surface area contributed by atoms with Crippen molar-refractivity contribution < 1.29 is 0 Å². The van der Waals surface area contributed by atoms with Gasteiger partial charge in [-0.05, 0) is 125 Å². The van der Waals surface area contributed by atoms with Crippen LogP contribution >= 0.6 is 0 Å². The first-order valence-corrected chi connectivity index (χ1v) is 19.6. The molecule has 0 radical (unpaired) electrons. The molecule has 0 N–H and O–H groups in total. The van der Waals surface area contributed by atoms with Crippen LogP contribution in [0.3, 0.4) is 0 Å². The van der Waals surface area contributed by atoms with Gasteiger partial charge in [0.1, 0.15) is 0 Å². The third-order valence-electron chi connectivity index (χ3n) is 11.8. The molecule has 0 aliphatic rings. The summed E-state index contributed by atoms with van der Waals surface area (Å²) in [5.74, 6) is 0. The Kier molecular flexibility index (Phi) is 7.75. The number of benzene rings is 11. The van der Waals surface area contributed by atoms with E-state index in [4.69, 9.17) is 0 Å². The molecule has 0 spiro atoms. The molecule has 2 nitrogen and oxygen atoms in total. The van der Waals surface area contributed by atoms with Crippen molar-refractivity contribution in [3.05, 3.63) is 212 Å². The quantitative estimate of drug-likeness (QED) is 0.119. The average molecular weight is 727 g/mol. The van der Waals surface area contributed by atoms with Crippen molar-refractivity contribution in [3.8, 4) is 22.3 Å². The molecule has 57 heavy (non-hydrogen) atoms. The first kappa shape index (κ1) is 33.0. The van der Waals surface area contributed by atoms with Gasteiger partial charge in [-0.2, -0.15) is 0 Å². The number of anilines is 5. The Labute approximate surface area is 332 Å². The van der Waals surface area contributed by atoms with E-state index in [2.05, 4.69) is 229 Å². The highest BCUT2D eigenvalue weighted by atomic mass is 15.1. The van der Waals surface area contributed by atoms with Crippen molar-refractivity contribution in [2.24, 2.45) is 0 Å². The summed E-state index contributed by atoms with van der Waals surface area (Å²) in [4.78, 5) is 4.68. The molecule has 0 saturated carbocycles. The maximum absolute atomic E-state index is 2.36. The number of rotatable bonds is 7. The van der Waals surface area contributed by atoms with Gasteiger partial charge in [-0.15, -0.1) is 0 Å². The Bertz CT molecular complexity index is 3190. The summed E-state index contributed by atoms with van der Waals surface area (Å²) >= 11 is 0. The molecule has 0 unspecified atom stereocenters. The van der Waals surface area contributed by atoms with E-state index >= 15 is 0 Å². The Morgan fingerprint density at radius 2 is 0.789 bits per heavy atom. The van der Waals surface area contributed by atoms with Gasteiger partial charge in [0.25, 0.3) is 0 Å². The smallest absolute Gasteiger partial charge is 0.0488 e. The lowest BCUT2D eigenvalue weighted by Crippen LogP contribution is -2.10. The van der Waals surface area contributed by atoms with Crippen LogP contribution in [0.5, 0.6) is 0 Å². The van der Waals surface area contributed by atoms with Gasteiger partial charge < -0.3 is 9.80 Å². The van der Waals surface area contributed by atoms with Gasteiger partial charge in [0.2, 0.25) is 0 Å². The predicted molar refractivity (Wildman–Crippen MR) is 245 cm³/mol. The van der Waals surface area contributed by atoms with Crippen LogP contribution in [0, 0.1) is 0 Å². The lowest BCUT2D eigenvalue weighted by molar-refractivity contribution is 1.22. The van der Waals surface area contributed by atoms with Crippen molar-refractivity contribution >= 4 is 82.3 Å². The highest BCUT2D eigenvalue weighted by Crippen LogP contribution is 2.44. The summed E-state index contributed by atoms with van der Waals surface area (Å²) in [7, 11) is 2.18. The zero-order valence-electron chi connectivity index (χ0n) is 31.6. The molecular formula is C55H38N2. The lowest BCUT2D eigenvalue weighted by atomic mass is 9.89. The molecule has 0 amide bonds. The molecule has 0 bridgehead atoms. The van der Waals surface area contributed by atoms with Crippen LogP contribution in [0.25, 0.3) is 76.1 Å². The zero-order chi connectivity index (χ0) is 37.9. The zero-order valence-corrected chi connectivity index (χ0v) is 31.6. The molecular weight excluding hydrogens is 689 g/mol. The van der Waals surface area contributed by atoms with E-state index in [1.54, 1.807) is 0 Å². The summed E-state index contributed by atoms with van der Waals surface area (Å²) in [6.45, 7) is 0. The van der Waals surface area contributed by atoms with Crippen LogP contribution in [0.4, 0.5) is 28.4 Å². The molecule has 11 aromatic carbocycles. The Morgan fingerprint density at radius 1 is 0.281 bits per heavy atom. The third kappa shape index (κ3) is 5.57. The first-order valence-electron chi connectivity index (χ1n) is 19.6. The second kappa shape index (κ2) is 13.4. The third-order valence-corrected chi connectivity index (χ3v) is 11.8. The van der Waals surface area contributed by atoms with Crippen molar-refractivity contribution in [2.75, 3.05) is 16.8 Å². The maximum Gasteiger partial charge on any atom is 0.0488 e. The summed E-state index contributed by atoms with van der Waals surface area (Å²) in [6.07, 6.45) is 0. The minimum Gasteiger partial charge on any atom is -0.344 e. The largest absolute Gasteiger partial charge is 0.344 e. The molecule has 0 heterocycles. The minimum atomic E-state index is 1.11. The molecule has 11 rings (SSSR count). The van der Waals surface area contributed by atoms with Gasteiger partial charge in [-0.1, -0.05) is 158 Å². The molecule has 0 saturated heterocycles. The predicted octanol–water partition coefficient (Wildman–Crippen LogP) is 15.5.